The molecule has 21 heavy (non-hydrogen) atoms. The van der Waals surface area contributed by atoms with Crippen molar-refractivity contribution in [1.82, 2.24) is 4.90 Å². The first-order valence-corrected chi connectivity index (χ1v) is 7.85. The minimum Gasteiger partial charge on any atom is -0.330 e. The summed E-state index contributed by atoms with van der Waals surface area (Å²) in [7, 11) is 0. The van der Waals surface area contributed by atoms with Crippen LogP contribution in [0.2, 0.25) is 0 Å². The molecule has 1 atom stereocenters. The molecule has 0 fully saturated rings. The summed E-state index contributed by atoms with van der Waals surface area (Å²) < 4.78 is 0. The van der Waals surface area contributed by atoms with Crippen molar-refractivity contribution in [2.75, 3.05) is 13.1 Å². The van der Waals surface area contributed by atoms with E-state index in [1.54, 1.807) is 0 Å². The largest absolute Gasteiger partial charge is 0.330 e. The molecule has 1 aliphatic heterocycles. The van der Waals surface area contributed by atoms with Crippen LogP contribution in [0.25, 0.3) is 0 Å². The highest BCUT2D eigenvalue weighted by Gasteiger charge is 2.26. The van der Waals surface area contributed by atoms with Crippen LogP contribution >= 0.6 is 0 Å². The fraction of sp³-hybridized carbons (Fsp3) is 0.368. The van der Waals surface area contributed by atoms with E-state index in [0.717, 1.165) is 32.5 Å². The zero-order chi connectivity index (χ0) is 14.7. The predicted molar refractivity (Wildman–Crippen MR) is 88.1 cm³/mol. The van der Waals surface area contributed by atoms with Gasteiger partial charge in [-0.1, -0.05) is 54.1 Å². The van der Waals surface area contributed by atoms with Gasteiger partial charge in [0, 0.05) is 19.1 Å². The van der Waals surface area contributed by atoms with Crippen molar-refractivity contribution in [3.8, 4) is 0 Å². The second kappa shape index (κ2) is 6.42. The summed E-state index contributed by atoms with van der Waals surface area (Å²) in [5.74, 6) is 0. The van der Waals surface area contributed by atoms with E-state index >= 15 is 0 Å². The summed E-state index contributed by atoms with van der Waals surface area (Å²) in [4.78, 5) is 2.58. The van der Waals surface area contributed by atoms with Crippen molar-refractivity contribution in [2.45, 2.75) is 32.4 Å². The molecule has 2 N–H and O–H groups in total. The highest BCUT2D eigenvalue weighted by atomic mass is 15.2. The molecule has 0 radical (unpaired) electrons. The standard InChI is InChI=1S/C19H24N2/c1-15-6-8-16(9-7-15)14-21-13-11-17-4-2-3-5-18(17)19(21)10-12-20/h2-9,19H,10-14,20H2,1H3. The number of nitrogens with zero attached hydrogens (tertiary/aromatic N) is 1. The Hall–Kier alpha value is -1.64. The van der Waals surface area contributed by atoms with Gasteiger partial charge in [-0.05, 0) is 43.0 Å². The first-order chi connectivity index (χ1) is 10.3. The quantitative estimate of drug-likeness (QED) is 0.929. The Labute approximate surface area is 127 Å². The molecule has 0 amide bonds. The maximum Gasteiger partial charge on any atom is 0.0366 e. The number of aryl methyl sites for hydroxylation is 1. The third-order valence-corrected chi connectivity index (χ3v) is 4.47. The molecule has 2 nitrogen and oxygen atoms in total. The van der Waals surface area contributed by atoms with Crippen LogP contribution in [-0.4, -0.2) is 18.0 Å². The molecule has 0 bridgehead atoms. The highest BCUT2D eigenvalue weighted by molar-refractivity contribution is 5.33. The number of hydrogen-bond donors (Lipinski definition) is 1. The molecular weight excluding hydrogens is 256 g/mol. The molecule has 0 saturated heterocycles. The Morgan fingerprint density at radius 2 is 1.86 bits per heavy atom. The van der Waals surface area contributed by atoms with E-state index in [2.05, 4.69) is 60.4 Å². The maximum absolute atomic E-state index is 5.87. The first kappa shape index (κ1) is 14.3. The predicted octanol–water partition coefficient (Wildman–Crippen LogP) is 3.44. The van der Waals surface area contributed by atoms with Crippen LogP contribution in [-0.2, 0) is 13.0 Å². The minimum absolute atomic E-state index is 0.459. The molecule has 3 rings (SSSR count). The average Bonchev–Trinajstić information content (AvgIpc) is 2.52. The Morgan fingerprint density at radius 3 is 2.62 bits per heavy atom. The van der Waals surface area contributed by atoms with Crippen LogP contribution in [0.3, 0.4) is 0 Å². The molecule has 1 unspecified atom stereocenters. The van der Waals surface area contributed by atoms with Gasteiger partial charge in [-0.25, -0.2) is 0 Å². The molecule has 0 aromatic heterocycles. The summed E-state index contributed by atoms with van der Waals surface area (Å²) in [5.41, 5.74) is 11.5. The zero-order valence-electron chi connectivity index (χ0n) is 12.8. The molecular formula is C19H24N2. The Balaban J connectivity index is 1.83. The summed E-state index contributed by atoms with van der Waals surface area (Å²) in [6.45, 7) is 5.01. The SMILES string of the molecule is Cc1ccc(CN2CCc3ccccc3C2CCN)cc1. The smallest absolute Gasteiger partial charge is 0.0366 e. The summed E-state index contributed by atoms with van der Waals surface area (Å²) >= 11 is 0. The third kappa shape index (κ3) is 3.17. The molecule has 1 heterocycles. The Morgan fingerprint density at radius 1 is 1.10 bits per heavy atom. The maximum atomic E-state index is 5.87. The summed E-state index contributed by atoms with van der Waals surface area (Å²) in [5, 5.41) is 0. The number of benzene rings is 2. The average molecular weight is 280 g/mol. The van der Waals surface area contributed by atoms with Gasteiger partial charge in [-0.3, -0.25) is 4.90 Å². The molecule has 0 saturated carbocycles. The molecule has 110 valence electrons. The fourth-order valence-electron chi connectivity index (χ4n) is 3.32. The van der Waals surface area contributed by atoms with Crippen molar-refractivity contribution >= 4 is 0 Å². The van der Waals surface area contributed by atoms with Crippen LogP contribution in [0.1, 0.15) is 34.7 Å². The van der Waals surface area contributed by atoms with Crippen molar-refractivity contribution in [1.29, 1.82) is 0 Å². The van der Waals surface area contributed by atoms with Gasteiger partial charge in [0.25, 0.3) is 0 Å². The molecule has 0 aliphatic carbocycles. The van der Waals surface area contributed by atoms with Crippen LogP contribution in [0, 0.1) is 6.92 Å². The number of hydrogen-bond acceptors (Lipinski definition) is 2. The van der Waals surface area contributed by atoms with Gasteiger partial charge in [0.15, 0.2) is 0 Å². The second-order valence-electron chi connectivity index (χ2n) is 6.00. The van der Waals surface area contributed by atoms with E-state index in [4.69, 9.17) is 5.73 Å². The Bertz CT molecular complexity index is 589. The van der Waals surface area contributed by atoms with Gasteiger partial charge in [0.05, 0.1) is 0 Å². The molecule has 2 aromatic carbocycles. The molecule has 0 spiro atoms. The Kier molecular flexibility index (Phi) is 4.37. The number of rotatable bonds is 4. The van der Waals surface area contributed by atoms with E-state index in [1.807, 2.05) is 0 Å². The summed E-state index contributed by atoms with van der Waals surface area (Å²) in [6, 6.07) is 18.2. The van der Waals surface area contributed by atoms with Gasteiger partial charge in [0.2, 0.25) is 0 Å². The van der Waals surface area contributed by atoms with Crippen molar-refractivity contribution in [3.05, 3.63) is 70.8 Å². The van der Waals surface area contributed by atoms with Crippen LogP contribution in [0.5, 0.6) is 0 Å². The number of fused-ring (bicyclic) bond motifs is 1. The van der Waals surface area contributed by atoms with E-state index in [1.165, 1.54) is 22.3 Å². The van der Waals surface area contributed by atoms with E-state index < -0.39 is 0 Å². The van der Waals surface area contributed by atoms with E-state index in [9.17, 15) is 0 Å². The second-order valence-corrected chi connectivity index (χ2v) is 6.00. The molecule has 2 heteroatoms. The van der Waals surface area contributed by atoms with Crippen LogP contribution in [0.15, 0.2) is 48.5 Å². The topological polar surface area (TPSA) is 29.3 Å². The minimum atomic E-state index is 0.459. The first-order valence-electron chi connectivity index (χ1n) is 7.85. The zero-order valence-corrected chi connectivity index (χ0v) is 12.8. The van der Waals surface area contributed by atoms with Crippen molar-refractivity contribution in [3.63, 3.8) is 0 Å². The van der Waals surface area contributed by atoms with E-state index in [-0.39, 0.29) is 0 Å². The normalized spacial score (nSPS) is 18.5. The van der Waals surface area contributed by atoms with Crippen LogP contribution in [0.4, 0.5) is 0 Å². The third-order valence-electron chi connectivity index (χ3n) is 4.47. The lowest BCUT2D eigenvalue weighted by Gasteiger charge is -2.37. The molecule has 1 aliphatic rings. The van der Waals surface area contributed by atoms with Gasteiger partial charge in [0.1, 0.15) is 0 Å². The molecule has 2 aromatic rings. The van der Waals surface area contributed by atoms with Gasteiger partial charge in [-0.15, -0.1) is 0 Å². The summed E-state index contributed by atoms with van der Waals surface area (Å²) in [6.07, 6.45) is 2.17. The van der Waals surface area contributed by atoms with Gasteiger partial charge in [-0.2, -0.15) is 0 Å². The lowest BCUT2D eigenvalue weighted by molar-refractivity contribution is 0.169. The van der Waals surface area contributed by atoms with Gasteiger partial charge >= 0.3 is 0 Å². The van der Waals surface area contributed by atoms with Crippen LogP contribution < -0.4 is 5.73 Å². The fourth-order valence-corrected chi connectivity index (χ4v) is 3.32. The lowest BCUT2D eigenvalue weighted by atomic mass is 9.90. The number of nitrogens with two attached hydrogens (primary N) is 1. The highest BCUT2D eigenvalue weighted by Crippen LogP contribution is 2.32. The van der Waals surface area contributed by atoms with E-state index in [0.29, 0.717) is 6.04 Å². The van der Waals surface area contributed by atoms with Gasteiger partial charge < -0.3 is 5.73 Å². The van der Waals surface area contributed by atoms with Crippen molar-refractivity contribution < 1.29 is 0 Å². The van der Waals surface area contributed by atoms with Crippen molar-refractivity contribution in [2.24, 2.45) is 5.73 Å². The monoisotopic (exact) mass is 280 g/mol. The lowest BCUT2D eigenvalue weighted by Crippen LogP contribution is -2.36.